The number of allylic oxidation sites excluding steroid dienone is 1. The first-order chi connectivity index (χ1) is 14.4. The first kappa shape index (κ1) is 25.2. The molecule has 0 radical (unpaired) electrons. The highest BCUT2D eigenvalue weighted by Gasteiger charge is 2.37. The Morgan fingerprint density at radius 1 is 1.29 bits per heavy atom. The van der Waals surface area contributed by atoms with Gasteiger partial charge in [0.2, 0.25) is 11.8 Å². The number of unbranched alkanes of at least 4 members (excludes halogenated alkanes) is 1. The molecule has 0 aliphatic heterocycles. The lowest BCUT2D eigenvalue weighted by Gasteiger charge is -2.35. The molecule has 0 atom stereocenters. The van der Waals surface area contributed by atoms with E-state index < -0.39 is 14.3 Å². The second-order valence-corrected chi connectivity index (χ2v) is 14.2. The molecular weight excluding hydrogens is 434 g/mol. The number of ether oxygens (including phenoxy) is 1. The molecule has 0 aliphatic carbocycles. The van der Waals surface area contributed by atoms with E-state index in [0.29, 0.717) is 40.2 Å². The summed E-state index contributed by atoms with van der Waals surface area (Å²) < 4.78 is 17.0. The van der Waals surface area contributed by atoms with Gasteiger partial charge in [-0.25, -0.2) is 4.79 Å². The molecule has 2 rings (SSSR count). The molecule has 0 aromatic carbocycles. The lowest BCUT2D eigenvalue weighted by atomic mass is 10.1. The molecule has 0 saturated heterocycles. The van der Waals surface area contributed by atoms with Crippen molar-refractivity contribution in [2.24, 2.45) is 0 Å². The van der Waals surface area contributed by atoms with Crippen molar-refractivity contribution in [3.05, 3.63) is 34.9 Å². The van der Waals surface area contributed by atoms with Gasteiger partial charge in [0.1, 0.15) is 6.61 Å². The van der Waals surface area contributed by atoms with E-state index in [1.54, 1.807) is 19.2 Å². The Bertz CT molecular complexity index is 935. The van der Waals surface area contributed by atoms with E-state index in [0.717, 1.165) is 12.8 Å². The molecule has 0 fully saturated rings. The van der Waals surface area contributed by atoms with Gasteiger partial charge < -0.3 is 13.6 Å². The summed E-state index contributed by atoms with van der Waals surface area (Å²) in [6.07, 6.45) is 4.78. The van der Waals surface area contributed by atoms with Gasteiger partial charge in [-0.2, -0.15) is 0 Å². The van der Waals surface area contributed by atoms with Crippen molar-refractivity contribution < 1.29 is 18.4 Å². The highest BCUT2D eigenvalue weighted by Crippen LogP contribution is 2.37. The minimum Gasteiger partial charge on any atom is -0.463 e. The SMILES string of the molecule is CCCCOC(=O)/C=C(\C)c1ncc(-c2nnc(CO[Si](C)(C)C(C)(C)C)o2)cc1Cl. The maximum atomic E-state index is 11.9. The summed E-state index contributed by atoms with van der Waals surface area (Å²) in [5.74, 6) is 0.317. The number of rotatable bonds is 9. The van der Waals surface area contributed by atoms with Crippen LogP contribution in [0.15, 0.2) is 22.8 Å². The number of hydrogen-bond donors (Lipinski definition) is 0. The molecule has 0 amide bonds. The summed E-state index contributed by atoms with van der Waals surface area (Å²) in [5.41, 5.74) is 1.71. The van der Waals surface area contributed by atoms with Gasteiger partial charge in [0.15, 0.2) is 8.32 Å². The topological polar surface area (TPSA) is 87.3 Å². The van der Waals surface area contributed by atoms with E-state index in [1.807, 2.05) is 6.92 Å². The van der Waals surface area contributed by atoms with E-state index >= 15 is 0 Å². The quantitative estimate of drug-likeness (QED) is 0.192. The number of aromatic nitrogens is 3. The van der Waals surface area contributed by atoms with Crippen molar-refractivity contribution >= 4 is 31.5 Å². The number of hydrogen-bond acceptors (Lipinski definition) is 7. The van der Waals surface area contributed by atoms with Gasteiger partial charge in [0.05, 0.1) is 22.9 Å². The van der Waals surface area contributed by atoms with Crippen LogP contribution in [0.3, 0.4) is 0 Å². The summed E-state index contributed by atoms with van der Waals surface area (Å²) in [4.78, 5) is 16.3. The third kappa shape index (κ3) is 6.98. The Kier molecular flexibility index (Phi) is 8.56. The molecule has 0 spiro atoms. The highest BCUT2D eigenvalue weighted by molar-refractivity contribution is 6.74. The van der Waals surface area contributed by atoms with Crippen LogP contribution in [0.5, 0.6) is 0 Å². The summed E-state index contributed by atoms with van der Waals surface area (Å²) in [6, 6.07) is 1.69. The van der Waals surface area contributed by atoms with E-state index in [9.17, 15) is 4.79 Å². The molecule has 0 N–H and O–H groups in total. The van der Waals surface area contributed by atoms with E-state index in [-0.39, 0.29) is 11.6 Å². The van der Waals surface area contributed by atoms with Crippen molar-refractivity contribution in [2.75, 3.05) is 6.61 Å². The lowest BCUT2D eigenvalue weighted by molar-refractivity contribution is -0.137. The molecule has 0 saturated carbocycles. The molecular formula is C22H32ClN3O4Si. The zero-order valence-corrected chi connectivity index (χ0v) is 21.2. The summed E-state index contributed by atoms with van der Waals surface area (Å²) in [6.45, 7) is 15.3. The number of halogens is 1. The van der Waals surface area contributed by atoms with Crippen LogP contribution < -0.4 is 0 Å². The summed E-state index contributed by atoms with van der Waals surface area (Å²) in [7, 11) is -1.92. The third-order valence-electron chi connectivity index (χ3n) is 5.37. The van der Waals surface area contributed by atoms with Crippen LogP contribution in [-0.4, -0.2) is 36.1 Å². The maximum Gasteiger partial charge on any atom is 0.331 e. The average molecular weight is 466 g/mol. The van der Waals surface area contributed by atoms with Gasteiger partial charge in [-0.1, -0.05) is 45.7 Å². The molecule has 170 valence electrons. The molecule has 2 aromatic heterocycles. The molecule has 2 aromatic rings. The molecule has 31 heavy (non-hydrogen) atoms. The van der Waals surface area contributed by atoms with Crippen LogP contribution in [0.2, 0.25) is 23.2 Å². The average Bonchev–Trinajstić information content (AvgIpc) is 3.14. The first-order valence-electron chi connectivity index (χ1n) is 10.4. The van der Waals surface area contributed by atoms with Gasteiger partial charge in [-0.05, 0) is 43.1 Å². The highest BCUT2D eigenvalue weighted by atomic mass is 35.5. The van der Waals surface area contributed by atoms with Crippen LogP contribution in [0.1, 0.15) is 59.0 Å². The standard InChI is InChI=1S/C22H32ClN3O4Si/c1-8-9-10-28-19(27)11-15(2)20-17(23)12-16(13-24-20)21-26-25-18(30-21)14-29-31(6,7)22(3,4)5/h11-13H,8-10,14H2,1-7H3/b15-11+. The van der Waals surface area contributed by atoms with Gasteiger partial charge in [-0.15, -0.1) is 10.2 Å². The minimum absolute atomic E-state index is 0.0942. The van der Waals surface area contributed by atoms with Crippen LogP contribution >= 0.6 is 11.6 Å². The molecule has 0 unspecified atom stereocenters. The van der Waals surface area contributed by atoms with Crippen LogP contribution in [-0.2, 0) is 20.6 Å². The van der Waals surface area contributed by atoms with E-state index in [2.05, 4.69) is 49.0 Å². The molecule has 2 heterocycles. The zero-order chi connectivity index (χ0) is 23.2. The predicted molar refractivity (Wildman–Crippen MR) is 124 cm³/mol. The first-order valence-corrected chi connectivity index (χ1v) is 13.7. The van der Waals surface area contributed by atoms with Crippen molar-refractivity contribution in [3.8, 4) is 11.5 Å². The Morgan fingerprint density at radius 2 is 2.00 bits per heavy atom. The summed E-state index contributed by atoms with van der Waals surface area (Å²) in [5, 5.41) is 8.64. The van der Waals surface area contributed by atoms with Crippen LogP contribution in [0.4, 0.5) is 0 Å². The Labute approximate surface area is 190 Å². The third-order valence-corrected chi connectivity index (χ3v) is 10.1. The molecule has 7 nitrogen and oxygen atoms in total. The smallest absolute Gasteiger partial charge is 0.331 e. The second kappa shape index (κ2) is 10.5. The fraction of sp³-hybridized carbons (Fsp3) is 0.545. The van der Waals surface area contributed by atoms with Crippen LogP contribution in [0, 0.1) is 0 Å². The lowest BCUT2D eigenvalue weighted by Crippen LogP contribution is -2.40. The normalized spacial score (nSPS) is 12.8. The number of pyridine rings is 1. The molecule has 0 aliphatic rings. The molecule has 9 heteroatoms. The van der Waals surface area contributed by atoms with E-state index in [1.165, 1.54) is 6.08 Å². The fourth-order valence-corrected chi connectivity index (χ4v) is 3.57. The number of carbonyl (C=O) groups excluding carboxylic acids is 1. The van der Waals surface area contributed by atoms with E-state index in [4.69, 9.17) is 25.2 Å². The predicted octanol–water partition coefficient (Wildman–Crippen LogP) is 6.05. The number of carbonyl (C=O) groups is 1. The van der Waals surface area contributed by atoms with Gasteiger partial charge in [-0.3, -0.25) is 4.98 Å². The Hall–Kier alpha value is -2.03. The maximum absolute atomic E-state index is 11.9. The minimum atomic E-state index is -1.92. The number of nitrogens with zero attached hydrogens (tertiary/aromatic N) is 3. The van der Waals surface area contributed by atoms with Gasteiger partial charge in [0, 0.05) is 12.3 Å². The summed E-state index contributed by atoms with van der Waals surface area (Å²) >= 11 is 6.40. The largest absolute Gasteiger partial charge is 0.463 e. The van der Waals surface area contributed by atoms with Gasteiger partial charge >= 0.3 is 5.97 Å². The van der Waals surface area contributed by atoms with Crippen molar-refractivity contribution in [1.29, 1.82) is 0 Å². The van der Waals surface area contributed by atoms with Crippen LogP contribution in [0.25, 0.3) is 17.0 Å². The fourth-order valence-electron chi connectivity index (χ4n) is 2.34. The van der Waals surface area contributed by atoms with Crippen molar-refractivity contribution in [3.63, 3.8) is 0 Å². The van der Waals surface area contributed by atoms with Crippen molar-refractivity contribution in [1.82, 2.24) is 15.2 Å². The van der Waals surface area contributed by atoms with Crippen molar-refractivity contribution in [2.45, 2.75) is 72.2 Å². The number of esters is 1. The second-order valence-electron chi connectivity index (χ2n) is 8.95. The zero-order valence-electron chi connectivity index (χ0n) is 19.4. The Morgan fingerprint density at radius 3 is 2.61 bits per heavy atom. The molecule has 0 bridgehead atoms. The monoisotopic (exact) mass is 465 g/mol. The van der Waals surface area contributed by atoms with Gasteiger partial charge in [0.25, 0.3) is 0 Å². The Balaban J connectivity index is 2.09.